The average molecular weight is 437 g/mol. The van der Waals surface area contributed by atoms with Gasteiger partial charge in [-0.05, 0) is 30.2 Å². The quantitative estimate of drug-likeness (QED) is 0.451. The zero-order chi connectivity index (χ0) is 22.6. The van der Waals surface area contributed by atoms with Crippen LogP contribution in [0.25, 0.3) is 16.9 Å². The van der Waals surface area contributed by atoms with Gasteiger partial charge >= 0.3 is 0 Å². The molecule has 5 heteroatoms. The van der Waals surface area contributed by atoms with Crippen LogP contribution in [0.1, 0.15) is 21.5 Å². The number of aromatic nitrogens is 2. The lowest BCUT2D eigenvalue weighted by atomic mass is 10.1. The number of hydrogen-bond donors (Lipinski definition) is 0. The predicted octanol–water partition coefficient (Wildman–Crippen LogP) is 4.81. The van der Waals surface area contributed by atoms with Crippen LogP contribution in [0.2, 0.25) is 0 Å². The SMILES string of the molecule is Cc1ccccc1CN1CCN(C(=O)c2cn(-c3ccccc3)nc2-c2ccccc2)CC1. The summed E-state index contributed by atoms with van der Waals surface area (Å²) >= 11 is 0. The Balaban J connectivity index is 1.36. The molecule has 0 atom stereocenters. The number of rotatable bonds is 5. The summed E-state index contributed by atoms with van der Waals surface area (Å²) in [5.74, 6) is 0.0478. The first-order chi connectivity index (χ1) is 16.2. The standard InChI is InChI=1S/C28H28N4O/c1-22-10-8-9-13-24(22)20-30-16-18-31(19-17-30)28(33)26-21-32(25-14-6-3-7-15-25)29-27(26)23-11-4-2-5-12-23/h2-15,21H,16-20H2,1H3. The zero-order valence-electron chi connectivity index (χ0n) is 18.9. The van der Waals surface area contributed by atoms with E-state index in [0.29, 0.717) is 5.56 Å². The monoisotopic (exact) mass is 436 g/mol. The molecule has 166 valence electrons. The number of benzene rings is 3. The van der Waals surface area contributed by atoms with Crippen LogP contribution < -0.4 is 0 Å². The highest BCUT2D eigenvalue weighted by Gasteiger charge is 2.26. The minimum absolute atomic E-state index is 0.0478. The summed E-state index contributed by atoms with van der Waals surface area (Å²) in [7, 11) is 0. The Morgan fingerprint density at radius 3 is 2.15 bits per heavy atom. The summed E-state index contributed by atoms with van der Waals surface area (Å²) < 4.78 is 1.81. The molecule has 0 radical (unpaired) electrons. The summed E-state index contributed by atoms with van der Waals surface area (Å²) in [4.78, 5) is 18.0. The van der Waals surface area contributed by atoms with E-state index in [1.54, 1.807) is 0 Å². The van der Waals surface area contributed by atoms with Gasteiger partial charge in [0.05, 0.1) is 11.3 Å². The van der Waals surface area contributed by atoms with Gasteiger partial charge in [0.25, 0.3) is 5.91 Å². The van der Waals surface area contributed by atoms with Crippen LogP contribution in [0.15, 0.2) is 91.1 Å². The van der Waals surface area contributed by atoms with Crippen LogP contribution in [0.5, 0.6) is 0 Å². The Bertz CT molecular complexity index is 1230. The maximum absolute atomic E-state index is 13.6. The van der Waals surface area contributed by atoms with Gasteiger partial charge in [0.1, 0.15) is 5.69 Å². The van der Waals surface area contributed by atoms with Gasteiger partial charge in [-0.25, -0.2) is 4.68 Å². The molecule has 5 nitrogen and oxygen atoms in total. The molecule has 0 unspecified atom stereocenters. The maximum atomic E-state index is 13.6. The molecule has 3 aromatic carbocycles. The van der Waals surface area contributed by atoms with Gasteiger partial charge in [-0.15, -0.1) is 0 Å². The summed E-state index contributed by atoms with van der Waals surface area (Å²) in [6.45, 7) is 6.26. The van der Waals surface area contributed by atoms with Gasteiger partial charge in [-0.1, -0.05) is 72.8 Å². The molecule has 0 aliphatic carbocycles. The molecule has 4 aromatic rings. The number of hydrogen-bond acceptors (Lipinski definition) is 3. The number of aryl methyl sites for hydroxylation is 1. The van der Waals surface area contributed by atoms with Gasteiger partial charge in [0.15, 0.2) is 0 Å². The minimum Gasteiger partial charge on any atom is -0.336 e. The van der Waals surface area contributed by atoms with Crippen molar-refractivity contribution >= 4 is 5.91 Å². The van der Waals surface area contributed by atoms with E-state index < -0.39 is 0 Å². The summed E-state index contributed by atoms with van der Waals surface area (Å²) in [5, 5.41) is 4.81. The first-order valence-corrected chi connectivity index (χ1v) is 11.5. The van der Waals surface area contributed by atoms with Crippen molar-refractivity contribution in [1.29, 1.82) is 0 Å². The molecular formula is C28H28N4O. The van der Waals surface area contributed by atoms with Gasteiger partial charge in [-0.3, -0.25) is 9.69 Å². The third-order valence-electron chi connectivity index (χ3n) is 6.33. The normalized spacial score (nSPS) is 14.4. The minimum atomic E-state index is 0.0478. The first-order valence-electron chi connectivity index (χ1n) is 11.5. The second-order valence-corrected chi connectivity index (χ2v) is 8.53. The Morgan fingerprint density at radius 2 is 1.45 bits per heavy atom. The Hall–Kier alpha value is -3.70. The van der Waals surface area contributed by atoms with E-state index in [4.69, 9.17) is 5.10 Å². The van der Waals surface area contributed by atoms with E-state index in [0.717, 1.165) is 49.7 Å². The van der Waals surface area contributed by atoms with Gasteiger partial charge < -0.3 is 4.90 Å². The summed E-state index contributed by atoms with van der Waals surface area (Å²) in [6, 6.07) is 28.4. The molecule has 1 aliphatic heterocycles. The molecular weight excluding hydrogens is 408 g/mol. The fourth-order valence-corrected chi connectivity index (χ4v) is 4.36. The highest BCUT2D eigenvalue weighted by Crippen LogP contribution is 2.25. The van der Waals surface area contributed by atoms with Crippen molar-refractivity contribution in [2.24, 2.45) is 0 Å². The lowest BCUT2D eigenvalue weighted by Gasteiger charge is -2.35. The van der Waals surface area contributed by atoms with E-state index in [9.17, 15) is 4.79 Å². The Labute approximate surface area is 194 Å². The van der Waals surface area contributed by atoms with Crippen LogP contribution in [-0.4, -0.2) is 51.7 Å². The third-order valence-corrected chi connectivity index (χ3v) is 6.33. The second kappa shape index (κ2) is 9.43. The van der Waals surface area contributed by atoms with Crippen molar-refractivity contribution in [1.82, 2.24) is 19.6 Å². The van der Waals surface area contributed by atoms with Crippen molar-refractivity contribution < 1.29 is 4.79 Å². The van der Waals surface area contributed by atoms with Crippen LogP contribution in [-0.2, 0) is 6.54 Å². The molecule has 1 fully saturated rings. The van der Waals surface area contributed by atoms with Crippen molar-refractivity contribution in [2.45, 2.75) is 13.5 Å². The molecule has 33 heavy (non-hydrogen) atoms. The number of nitrogens with zero attached hydrogens (tertiary/aromatic N) is 4. The Kier molecular flexibility index (Phi) is 6.05. The topological polar surface area (TPSA) is 41.4 Å². The molecule has 5 rings (SSSR count). The molecule has 0 bridgehead atoms. The zero-order valence-corrected chi connectivity index (χ0v) is 18.9. The summed E-state index contributed by atoms with van der Waals surface area (Å²) in [6.07, 6.45) is 1.87. The molecule has 1 saturated heterocycles. The average Bonchev–Trinajstić information content (AvgIpc) is 3.32. The number of carbonyl (C=O) groups is 1. The van der Waals surface area contributed by atoms with E-state index >= 15 is 0 Å². The van der Waals surface area contributed by atoms with E-state index in [-0.39, 0.29) is 5.91 Å². The molecule has 1 amide bonds. The highest BCUT2D eigenvalue weighted by atomic mass is 16.2. The van der Waals surface area contributed by atoms with E-state index in [1.165, 1.54) is 11.1 Å². The Morgan fingerprint density at radius 1 is 0.818 bits per heavy atom. The number of para-hydroxylation sites is 1. The van der Waals surface area contributed by atoms with Crippen LogP contribution in [0.3, 0.4) is 0 Å². The molecule has 1 aromatic heterocycles. The molecule has 2 heterocycles. The predicted molar refractivity (Wildman–Crippen MR) is 131 cm³/mol. The highest BCUT2D eigenvalue weighted by molar-refractivity contribution is 6.00. The van der Waals surface area contributed by atoms with Crippen LogP contribution in [0.4, 0.5) is 0 Å². The van der Waals surface area contributed by atoms with Crippen molar-refractivity contribution in [3.8, 4) is 16.9 Å². The molecule has 0 N–H and O–H groups in total. The lowest BCUT2D eigenvalue weighted by molar-refractivity contribution is 0.0629. The molecule has 0 spiro atoms. The number of piperazine rings is 1. The largest absolute Gasteiger partial charge is 0.336 e. The van der Waals surface area contributed by atoms with E-state index in [1.807, 2.05) is 76.4 Å². The fraction of sp³-hybridized carbons (Fsp3) is 0.214. The van der Waals surface area contributed by atoms with E-state index in [2.05, 4.69) is 36.1 Å². The van der Waals surface area contributed by atoms with Crippen LogP contribution >= 0.6 is 0 Å². The smallest absolute Gasteiger partial charge is 0.257 e. The lowest BCUT2D eigenvalue weighted by Crippen LogP contribution is -2.48. The summed E-state index contributed by atoms with van der Waals surface area (Å²) in [5.41, 5.74) is 5.94. The fourth-order valence-electron chi connectivity index (χ4n) is 4.36. The molecule has 0 saturated carbocycles. The second-order valence-electron chi connectivity index (χ2n) is 8.53. The van der Waals surface area contributed by atoms with Gasteiger partial charge in [-0.2, -0.15) is 5.10 Å². The van der Waals surface area contributed by atoms with Crippen molar-refractivity contribution in [3.05, 3.63) is 108 Å². The maximum Gasteiger partial charge on any atom is 0.257 e. The van der Waals surface area contributed by atoms with Crippen LogP contribution in [0, 0.1) is 6.92 Å². The number of carbonyl (C=O) groups excluding carboxylic acids is 1. The van der Waals surface area contributed by atoms with Gasteiger partial charge in [0, 0.05) is 44.5 Å². The first kappa shape index (κ1) is 21.2. The van der Waals surface area contributed by atoms with Crippen molar-refractivity contribution in [3.63, 3.8) is 0 Å². The van der Waals surface area contributed by atoms with Gasteiger partial charge in [0.2, 0.25) is 0 Å². The molecule has 1 aliphatic rings. The number of amides is 1. The van der Waals surface area contributed by atoms with Crippen molar-refractivity contribution in [2.75, 3.05) is 26.2 Å². The third kappa shape index (κ3) is 4.59.